The molecule has 0 radical (unpaired) electrons. The van der Waals surface area contributed by atoms with E-state index in [1.165, 1.54) is 28.9 Å². The fraction of sp³-hybridized carbons (Fsp3) is 0.194. The van der Waals surface area contributed by atoms with Crippen LogP contribution in [0.15, 0.2) is 89.1 Å². The van der Waals surface area contributed by atoms with Crippen molar-refractivity contribution in [1.29, 1.82) is 0 Å². The van der Waals surface area contributed by atoms with Gasteiger partial charge in [-0.25, -0.2) is 15.0 Å². The summed E-state index contributed by atoms with van der Waals surface area (Å²) in [6.07, 6.45) is -0.348. The average Bonchev–Trinajstić information content (AvgIpc) is 3.38. The number of anilines is 1. The van der Waals surface area contributed by atoms with E-state index in [0.717, 1.165) is 51.4 Å². The lowest BCUT2D eigenvalue weighted by molar-refractivity contribution is -0.274. The van der Waals surface area contributed by atoms with E-state index in [0.29, 0.717) is 5.69 Å². The molecule has 5 aromatic rings. The van der Waals surface area contributed by atoms with E-state index in [9.17, 15) is 13.2 Å². The molecule has 1 aliphatic rings. The lowest BCUT2D eigenvalue weighted by Gasteiger charge is -2.31. The molecule has 6 rings (SSSR count). The van der Waals surface area contributed by atoms with E-state index < -0.39 is 6.36 Å². The molecule has 1 aliphatic heterocycles. The van der Waals surface area contributed by atoms with Crippen LogP contribution in [-0.2, 0) is 0 Å². The summed E-state index contributed by atoms with van der Waals surface area (Å²) >= 11 is 1.74. The van der Waals surface area contributed by atoms with Crippen molar-refractivity contribution in [2.75, 3.05) is 17.2 Å². The summed E-state index contributed by atoms with van der Waals surface area (Å²) < 4.78 is 43.3. The highest BCUT2D eigenvalue weighted by Crippen LogP contribution is 2.32. The van der Waals surface area contributed by atoms with Crippen molar-refractivity contribution < 1.29 is 17.9 Å². The maximum Gasteiger partial charge on any atom is 0.573 e. The number of benzene rings is 4. The van der Waals surface area contributed by atoms with Crippen LogP contribution in [0, 0.1) is 13.8 Å². The van der Waals surface area contributed by atoms with Gasteiger partial charge in [0.2, 0.25) is 0 Å². The second-order valence-corrected chi connectivity index (χ2v) is 10.8. The zero-order chi connectivity index (χ0) is 28.6. The van der Waals surface area contributed by atoms with Crippen molar-refractivity contribution in [1.82, 2.24) is 9.55 Å². The van der Waals surface area contributed by atoms with E-state index in [1.807, 2.05) is 34.9 Å². The first-order chi connectivity index (χ1) is 19.8. The van der Waals surface area contributed by atoms with Gasteiger partial charge in [0.05, 0.1) is 16.7 Å². The number of fused-ring (bicyclic) bond motifs is 3. The number of amidine groups is 1. The topological polar surface area (TPSA) is 55.0 Å². The summed E-state index contributed by atoms with van der Waals surface area (Å²) in [5.41, 5.74) is 6.76. The van der Waals surface area contributed by atoms with Gasteiger partial charge in [-0.05, 0) is 85.3 Å². The van der Waals surface area contributed by atoms with Gasteiger partial charge in [0.25, 0.3) is 0 Å². The van der Waals surface area contributed by atoms with Gasteiger partial charge in [-0.3, -0.25) is 4.57 Å². The Morgan fingerprint density at radius 2 is 1.76 bits per heavy atom. The SMILES string of the molecule is Cc1cccc(C)c1N1CCCSC1=NC=Nc1ccc2c(ccc3c2ncn3-c2ccc(OC(F)(F)F)cc2)c1. The molecule has 0 aliphatic carbocycles. The van der Waals surface area contributed by atoms with Gasteiger partial charge >= 0.3 is 6.36 Å². The van der Waals surface area contributed by atoms with Gasteiger partial charge in [-0.1, -0.05) is 36.0 Å². The summed E-state index contributed by atoms with van der Waals surface area (Å²) in [6.45, 7) is 5.19. The van der Waals surface area contributed by atoms with E-state index in [4.69, 9.17) is 4.99 Å². The number of aliphatic imine (C=N–C) groups is 2. The molecule has 0 spiro atoms. The maximum absolute atomic E-state index is 12.5. The molecule has 1 saturated heterocycles. The average molecular weight is 574 g/mol. The summed E-state index contributed by atoms with van der Waals surface area (Å²) in [6, 6.07) is 21.9. The second-order valence-electron chi connectivity index (χ2n) is 9.75. The normalized spacial score (nSPS) is 15.4. The van der Waals surface area contributed by atoms with Crippen LogP contribution in [0.25, 0.3) is 27.5 Å². The molecule has 1 aromatic heterocycles. The number of hydrogen-bond acceptors (Lipinski definition) is 4. The van der Waals surface area contributed by atoms with Gasteiger partial charge < -0.3 is 9.64 Å². The molecular formula is C31H26F3N5OS. The molecule has 0 amide bonds. The predicted octanol–water partition coefficient (Wildman–Crippen LogP) is 8.35. The Morgan fingerprint density at radius 1 is 0.976 bits per heavy atom. The molecule has 0 saturated carbocycles. The van der Waals surface area contributed by atoms with Crippen LogP contribution in [0.5, 0.6) is 5.75 Å². The van der Waals surface area contributed by atoms with Gasteiger partial charge in [-0.15, -0.1) is 13.2 Å². The summed E-state index contributed by atoms with van der Waals surface area (Å²) in [5, 5.41) is 2.87. The molecule has 0 N–H and O–H groups in total. The van der Waals surface area contributed by atoms with Crippen LogP contribution in [0.4, 0.5) is 24.5 Å². The molecule has 41 heavy (non-hydrogen) atoms. The molecule has 0 atom stereocenters. The number of halogens is 3. The van der Waals surface area contributed by atoms with Crippen LogP contribution >= 0.6 is 11.8 Å². The quantitative estimate of drug-likeness (QED) is 0.157. The van der Waals surface area contributed by atoms with Gasteiger partial charge in [0, 0.05) is 29.1 Å². The zero-order valence-electron chi connectivity index (χ0n) is 22.4. The molecule has 0 bridgehead atoms. The second kappa shape index (κ2) is 10.9. The number of aryl methyl sites for hydroxylation is 2. The molecule has 2 heterocycles. The standard InChI is InChI=1S/C31H26F3N5OS/c1-20-5-3-6-21(2)29(20)38-15-4-16-41-30(38)36-18-35-23-8-13-26-22(17-23)7-14-27-28(26)37-19-39(27)24-9-11-25(12-10-24)40-31(32,33)34/h3,5-14,17-19H,4,15-16H2,1-2H3. The third-order valence-corrected chi connectivity index (χ3v) is 8.01. The van der Waals surface area contributed by atoms with Crippen molar-refractivity contribution in [2.45, 2.75) is 26.6 Å². The first kappa shape index (κ1) is 26.9. The molecule has 4 aromatic carbocycles. The predicted molar refractivity (Wildman–Crippen MR) is 161 cm³/mol. The van der Waals surface area contributed by atoms with Crippen LogP contribution in [0.1, 0.15) is 17.5 Å². The number of alkyl halides is 3. The monoisotopic (exact) mass is 573 g/mol. The third-order valence-electron chi connectivity index (χ3n) is 6.94. The van der Waals surface area contributed by atoms with Crippen molar-refractivity contribution in [3.63, 3.8) is 0 Å². The molecule has 10 heteroatoms. The Bertz CT molecular complexity index is 1770. The van der Waals surface area contributed by atoms with Crippen molar-refractivity contribution in [2.24, 2.45) is 9.98 Å². The summed E-state index contributed by atoms with van der Waals surface area (Å²) in [7, 11) is 0. The van der Waals surface area contributed by atoms with Gasteiger partial charge in [0.15, 0.2) is 5.17 Å². The minimum Gasteiger partial charge on any atom is -0.406 e. The number of ether oxygens (including phenoxy) is 1. The fourth-order valence-corrected chi connectivity index (χ4v) is 6.06. The van der Waals surface area contributed by atoms with E-state index in [2.05, 4.69) is 51.7 Å². The van der Waals surface area contributed by atoms with E-state index in [-0.39, 0.29) is 5.75 Å². The first-order valence-corrected chi connectivity index (χ1v) is 14.1. The van der Waals surface area contributed by atoms with Crippen molar-refractivity contribution in [3.05, 3.63) is 90.3 Å². The first-order valence-electron chi connectivity index (χ1n) is 13.1. The molecular weight excluding hydrogens is 547 g/mol. The highest BCUT2D eigenvalue weighted by Gasteiger charge is 2.31. The van der Waals surface area contributed by atoms with Crippen LogP contribution in [-0.4, -0.2) is 39.7 Å². The van der Waals surface area contributed by atoms with Crippen LogP contribution in [0.3, 0.4) is 0 Å². The lowest BCUT2D eigenvalue weighted by atomic mass is 10.1. The molecule has 1 fully saturated rings. The number of aromatic nitrogens is 2. The number of rotatable bonds is 5. The summed E-state index contributed by atoms with van der Waals surface area (Å²) in [5.74, 6) is 0.757. The van der Waals surface area contributed by atoms with Gasteiger partial charge in [-0.2, -0.15) is 0 Å². The highest BCUT2D eigenvalue weighted by atomic mass is 32.2. The number of thioether (sulfide) groups is 1. The van der Waals surface area contributed by atoms with Crippen molar-refractivity contribution in [3.8, 4) is 11.4 Å². The minimum absolute atomic E-state index is 0.269. The Labute approximate surface area is 239 Å². The van der Waals surface area contributed by atoms with Crippen LogP contribution in [0.2, 0.25) is 0 Å². The Hall–Kier alpha value is -4.31. The molecule has 6 nitrogen and oxygen atoms in total. The van der Waals surface area contributed by atoms with Crippen molar-refractivity contribution >= 4 is 56.4 Å². The Balaban J connectivity index is 1.25. The zero-order valence-corrected chi connectivity index (χ0v) is 23.2. The van der Waals surface area contributed by atoms with Gasteiger partial charge in [0.1, 0.15) is 18.4 Å². The Morgan fingerprint density at radius 3 is 2.51 bits per heavy atom. The molecule has 208 valence electrons. The van der Waals surface area contributed by atoms with Crippen LogP contribution < -0.4 is 9.64 Å². The minimum atomic E-state index is -4.73. The van der Waals surface area contributed by atoms with E-state index in [1.54, 1.807) is 36.6 Å². The number of hydrogen-bond donors (Lipinski definition) is 0. The molecule has 0 unspecified atom stereocenters. The summed E-state index contributed by atoms with van der Waals surface area (Å²) in [4.78, 5) is 16.2. The number of para-hydroxylation sites is 1. The Kier molecular flexibility index (Phi) is 7.17. The number of imidazole rings is 1. The fourth-order valence-electron chi connectivity index (χ4n) is 5.14. The van der Waals surface area contributed by atoms with E-state index >= 15 is 0 Å². The number of nitrogens with zero attached hydrogens (tertiary/aromatic N) is 5. The smallest absolute Gasteiger partial charge is 0.406 e. The lowest BCUT2D eigenvalue weighted by Crippen LogP contribution is -2.35. The maximum atomic E-state index is 12.5. The highest BCUT2D eigenvalue weighted by molar-refractivity contribution is 8.14. The third kappa shape index (κ3) is 5.65. The largest absolute Gasteiger partial charge is 0.573 e.